The second kappa shape index (κ2) is 7.10. The van der Waals surface area contributed by atoms with Gasteiger partial charge in [-0.2, -0.15) is 0 Å². The van der Waals surface area contributed by atoms with Crippen molar-refractivity contribution in [3.05, 3.63) is 0 Å². The summed E-state index contributed by atoms with van der Waals surface area (Å²) in [6, 6.07) is 0. The van der Waals surface area contributed by atoms with Gasteiger partial charge in [0.1, 0.15) is 0 Å². The lowest BCUT2D eigenvalue weighted by molar-refractivity contribution is -0.133. The van der Waals surface area contributed by atoms with Crippen molar-refractivity contribution in [2.45, 2.75) is 91.3 Å². The molecule has 2 aliphatic rings. The summed E-state index contributed by atoms with van der Waals surface area (Å²) in [7, 11) is 1.96. The van der Waals surface area contributed by atoms with Crippen molar-refractivity contribution in [2.75, 3.05) is 20.1 Å². The standard InChI is InChI=1S/C20H39BN2O3/c1-17(2,3)22-16(24)20(8)14-23(9)13-15(20)11-10-12-21-25-18(4,5)19(6,7)26-21/h15H,10-14H2,1-9H3,(H,22,24)/t15-,20+/m0/s1. The number of carbonyl (C=O) groups is 1. The van der Waals surface area contributed by atoms with Crippen molar-refractivity contribution in [3.63, 3.8) is 0 Å². The molecule has 2 fully saturated rings. The van der Waals surface area contributed by atoms with Crippen LogP contribution in [0.2, 0.25) is 6.32 Å². The van der Waals surface area contributed by atoms with Gasteiger partial charge >= 0.3 is 7.12 Å². The van der Waals surface area contributed by atoms with Gasteiger partial charge in [0.15, 0.2) is 0 Å². The fourth-order valence-corrected chi connectivity index (χ4v) is 4.10. The van der Waals surface area contributed by atoms with Crippen LogP contribution in [0, 0.1) is 11.3 Å². The molecule has 0 aromatic heterocycles. The van der Waals surface area contributed by atoms with Crippen LogP contribution >= 0.6 is 0 Å². The van der Waals surface area contributed by atoms with Crippen molar-refractivity contribution in [2.24, 2.45) is 11.3 Å². The molecule has 0 spiro atoms. The van der Waals surface area contributed by atoms with Crippen molar-refractivity contribution in [1.29, 1.82) is 0 Å². The van der Waals surface area contributed by atoms with Crippen LogP contribution in [-0.2, 0) is 14.1 Å². The maximum atomic E-state index is 12.9. The topological polar surface area (TPSA) is 50.8 Å². The van der Waals surface area contributed by atoms with Gasteiger partial charge < -0.3 is 19.5 Å². The summed E-state index contributed by atoms with van der Waals surface area (Å²) < 4.78 is 12.2. The Bertz CT molecular complexity index is 514. The van der Waals surface area contributed by atoms with E-state index < -0.39 is 0 Å². The Kier molecular flexibility index (Phi) is 5.93. The number of hydrogen-bond donors (Lipinski definition) is 1. The van der Waals surface area contributed by atoms with Crippen molar-refractivity contribution >= 4 is 13.0 Å². The Morgan fingerprint density at radius 2 is 1.69 bits per heavy atom. The molecular formula is C20H39BN2O3. The molecule has 0 saturated carbocycles. The van der Waals surface area contributed by atoms with E-state index in [0.29, 0.717) is 5.92 Å². The molecule has 2 aliphatic heterocycles. The van der Waals surface area contributed by atoms with E-state index >= 15 is 0 Å². The summed E-state index contributed by atoms with van der Waals surface area (Å²) in [5, 5.41) is 3.19. The van der Waals surface area contributed by atoms with Crippen LogP contribution in [0.1, 0.15) is 68.2 Å². The molecule has 2 heterocycles. The second-order valence-electron chi connectivity index (χ2n) is 10.6. The van der Waals surface area contributed by atoms with Crippen LogP contribution in [0.4, 0.5) is 0 Å². The summed E-state index contributed by atoms with van der Waals surface area (Å²) in [5.41, 5.74) is -1.08. The van der Waals surface area contributed by atoms with E-state index in [1.165, 1.54) is 0 Å². The maximum absolute atomic E-state index is 12.9. The lowest BCUT2D eigenvalue weighted by Crippen LogP contribution is -2.51. The maximum Gasteiger partial charge on any atom is 0.457 e. The van der Waals surface area contributed by atoms with Crippen LogP contribution in [0.5, 0.6) is 0 Å². The summed E-state index contributed by atoms with van der Waals surface area (Å²) in [6.07, 6.45) is 2.90. The molecule has 1 amide bonds. The molecule has 6 heteroatoms. The van der Waals surface area contributed by atoms with Gasteiger partial charge in [-0.05, 0) is 81.1 Å². The molecule has 150 valence electrons. The van der Waals surface area contributed by atoms with E-state index in [1.54, 1.807) is 0 Å². The molecule has 0 aromatic rings. The highest BCUT2D eigenvalue weighted by Gasteiger charge is 2.51. The van der Waals surface area contributed by atoms with Crippen LogP contribution in [0.15, 0.2) is 0 Å². The Balaban J connectivity index is 1.92. The molecule has 2 saturated heterocycles. The van der Waals surface area contributed by atoms with Gasteiger partial charge in [-0.3, -0.25) is 4.79 Å². The average Bonchev–Trinajstić information content (AvgIpc) is 2.81. The quantitative estimate of drug-likeness (QED) is 0.759. The molecule has 0 radical (unpaired) electrons. The third-order valence-corrected chi connectivity index (χ3v) is 6.33. The van der Waals surface area contributed by atoms with E-state index in [2.05, 4.69) is 51.9 Å². The van der Waals surface area contributed by atoms with E-state index in [9.17, 15) is 4.79 Å². The molecule has 0 unspecified atom stereocenters. The van der Waals surface area contributed by atoms with Gasteiger partial charge in [-0.15, -0.1) is 0 Å². The predicted octanol–water partition coefficient (Wildman–Crippen LogP) is 3.34. The molecular weight excluding hydrogens is 327 g/mol. The Labute approximate surface area is 160 Å². The van der Waals surface area contributed by atoms with Crippen molar-refractivity contribution < 1.29 is 14.1 Å². The lowest BCUT2D eigenvalue weighted by atomic mass is 9.73. The van der Waals surface area contributed by atoms with Crippen LogP contribution in [0.25, 0.3) is 0 Å². The van der Waals surface area contributed by atoms with Gasteiger partial charge in [-0.1, -0.05) is 6.42 Å². The molecule has 0 aromatic carbocycles. The highest BCUT2D eigenvalue weighted by atomic mass is 16.7. The largest absolute Gasteiger partial charge is 0.457 e. The Morgan fingerprint density at radius 3 is 2.19 bits per heavy atom. The molecule has 5 nitrogen and oxygen atoms in total. The van der Waals surface area contributed by atoms with Gasteiger partial charge in [0, 0.05) is 18.6 Å². The number of carbonyl (C=O) groups excluding carboxylic acids is 1. The first-order valence-corrected chi connectivity index (χ1v) is 10.0. The highest BCUT2D eigenvalue weighted by Crippen LogP contribution is 2.41. The number of nitrogens with one attached hydrogen (secondary N) is 1. The number of hydrogen-bond acceptors (Lipinski definition) is 4. The summed E-state index contributed by atoms with van der Waals surface area (Å²) in [5.74, 6) is 0.534. The minimum atomic E-state index is -0.335. The zero-order valence-electron chi connectivity index (χ0n) is 18.4. The Morgan fingerprint density at radius 1 is 1.15 bits per heavy atom. The number of rotatable bonds is 5. The van der Waals surface area contributed by atoms with Gasteiger partial charge in [0.2, 0.25) is 5.91 Å². The zero-order chi connectivity index (χ0) is 20.0. The molecule has 1 N–H and O–H groups in total. The third kappa shape index (κ3) is 4.63. The normalized spacial score (nSPS) is 31.4. The number of nitrogens with zero attached hydrogens (tertiary/aromatic N) is 1. The first-order valence-electron chi connectivity index (χ1n) is 10.0. The van der Waals surface area contributed by atoms with E-state index in [0.717, 1.165) is 32.3 Å². The van der Waals surface area contributed by atoms with E-state index in [4.69, 9.17) is 9.31 Å². The third-order valence-electron chi connectivity index (χ3n) is 6.33. The van der Waals surface area contributed by atoms with Gasteiger partial charge in [0.25, 0.3) is 0 Å². The van der Waals surface area contributed by atoms with Crippen LogP contribution in [0.3, 0.4) is 0 Å². The fourth-order valence-electron chi connectivity index (χ4n) is 4.10. The molecule has 0 aliphatic carbocycles. The molecule has 0 bridgehead atoms. The smallest absolute Gasteiger partial charge is 0.403 e. The van der Waals surface area contributed by atoms with Crippen LogP contribution in [-0.4, -0.2) is 54.8 Å². The monoisotopic (exact) mass is 366 g/mol. The van der Waals surface area contributed by atoms with E-state index in [-0.39, 0.29) is 35.2 Å². The van der Waals surface area contributed by atoms with Gasteiger partial charge in [-0.25, -0.2) is 0 Å². The summed E-state index contributed by atoms with van der Waals surface area (Å²) >= 11 is 0. The van der Waals surface area contributed by atoms with Gasteiger partial charge in [0.05, 0.1) is 16.6 Å². The van der Waals surface area contributed by atoms with Crippen LogP contribution < -0.4 is 5.32 Å². The molecule has 2 rings (SSSR count). The van der Waals surface area contributed by atoms with Crippen molar-refractivity contribution in [3.8, 4) is 0 Å². The van der Waals surface area contributed by atoms with Crippen molar-refractivity contribution in [1.82, 2.24) is 10.2 Å². The number of likely N-dealkylation sites (tertiary alicyclic amines) is 1. The summed E-state index contributed by atoms with van der Waals surface area (Å²) in [6.45, 7) is 18.4. The minimum Gasteiger partial charge on any atom is -0.403 e. The first kappa shape index (κ1) is 21.7. The SMILES string of the molecule is CN1C[C@H](CCCB2OC(C)(C)C(C)(C)O2)[C@](C)(C(=O)NC(C)(C)C)C1. The second-order valence-corrected chi connectivity index (χ2v) is 10.6. The molecule has 2 atom stereocenters. The predicted molar refractivity (Wildman–Crippen MR) is 107 cm³/mol. The minimum absolute atomic E-state index is 0.145. The highest BCUT2D eigenvalue weighted by molar-refractivity contribution is 6.45. The Hall–Kier alpha value is -0.585. The first-order chi connectivity index (χ1) is 11.7. The van der Waals surface area contributed by atoms with E-state index in [1.807, 2.05) is 20.8 Å². The zero-order valence-corrected chi connectivity index (χ0v) is 18.4. The number of amides is 1. The fraction of sp³-hybridized carbons (Fsp3) is 0.950. The summed E-state index contributed by atoms with van der Waals surface area (Å²) in [4.78, 5) is 15.2. The lowest BCUT2D eigenvalue weighted by Gasteiger charge is -2.33. The molecule has 26 heavy (non-hydrogen) atoms. The average molecular weight is 366 g/mol.